The maximum absolute atomic E-state index is 11.7. The molecule has 0 aliphatic heterocycles. The Kier molecular flexibility index (Phi) is 3.46. The van der Waals surface area contributed by atoms with Gasteiger partial charge in [-0.1, -0.05) is 0 Å². The lowest BCUT2D eigenvalue weighted by Crippen LogP contribution is -2.37. The number of carbonyl (C=O) groups excluding carboxylic acids is 1. The van der Waals surface area contributed by atoms with Crippen molar-refractivity contribution in [2.24, 2.45) is 5.73 Å². The second-order valence-corrected chi connectivity index (χ2v) is 3.62. The molecule has 0 aliphatic carbocycles. The third kappa shape index (κ3) is 3.12. The van der Waals surface area contributed by atoms with Gasteiger partial charge in [-0.3, -0.25) is 9.78 Å². The maximum Gasteiger partial charge on any atom is 0.241 e. The van der Waals surface area contributed by atoms with Crippen LogP contribution in [0.4, 0.5) is 5.69 Å². The van der Waals surface area contributed by atoms with Gasteiger partial charge in [-0.05, 0) is 12.1 Å². The summed E-state index contributed by atoms with van der Waals surface area (Å²) >= 11 is 0. The lowest BCUT2D eigenvalue weighted by Gasteiger charge is -2.10. The molecule has 0 saturated heterocycles. The standard InChI is InChI=1S/C11H13N5O/c12-10(4-9-6-14-7-15-9)11(17)16-8-2-1-3-13-5-8/h1-3,5-7,10H,4,12H2,(H,14,15)(H,16,17)/t10-/m0/s1. The fraction of sp³-hybridized carbons (Fsp3) is 0.182. The predicted molar refractivity (Wildman–Crippen MR) is 63.1 cm³/mol. The highest BCUT2D eigenvalue weighted by Crippen LogP contribution is 2.04. The fourth-order valence-electron chi connectivity index (χ4n) is 1.40. The largest absolute Gasteiger partial charge is 0.348 e. The quantitative estimate of drug-likeness (QED) is 0.705. The number of rotatable bonds is 4. The van der Waals surface area contributed by atoms with Crippen molar-refractivity contribution in [2.45, 2.75) is 12.5 Å². The summed E-state index contributed by atoms with van der Waals surface area (Å²) in [5, 5.41) is 2.69. The summed E-state index contributed by atoms with van der Waals surface area (Å²) in [6, 6.07) is 2.89. The average Bonchev–Trinajstić information content (AvgIpc) is 2.83. The Balaban J connectivity index is 1.92. The van der Waals surface area contributed by atoms with E-state index in [2.05, 4.69) is 20.3 Å². The van der Waals surface area contributed by atoms with Crippen molar-refractivity contribution in [1.82, 2.24) is 15.0 Å². The van der Waals surface area contributed by atoms with Gasteiger partial charge in [0.25, 0.3) is 0 Å². The summed E-state index contributed by atoms with van der Waals surface area (Å²) in [4.78, 5) is 22.4. The van der Waals surface area contributed by atoms with Gasteiger partial charge in [-0.2, -0.15) is 0 Å². The van der Waals surface area contributed by atoms with Crippen LogP contribution in [0.2, 0.25) is 0 Å². The van der Waals surface area contributed by atoms with Gasteiger partial charge < -0.3 is 16.0 Å². The first-order chi connectivity index (χ1) is 8.25. The van der Waals surface area contributed by atoms with Crippen LogP contribution in [0.5, 0.6) is 0 Å². The van der Waals surface area contributed by atoms with E-state index in [1.165, 1.54) is 0 Å². The Bertz CT molecular complexity index is 468. The normalized spacial score (nSPS) is 12.1. The third-order valence-corrected chi connectivity index (χ3v) is 2.26. The monoisotopic (exact) mass is 231 g/mol. The van der Waals surface area contributed by atoms with Crippen LogP contribution in [0, 0.1) is 0 Å². The van der Waals surface area contributed by atoms with E-state index in [1.807, 2.05) is 0 Å². The molecule has 1 atom stereocenters. The molecule has 0 radical (unpaired) electrons. The molecule has 17 heavy (non-hydrogen) atoms. The third-order valence-electron chi connectivity index (χ3n) is 2.26. The zero-order chi connectivity index (χ0) is 12.1. The SMILES string of the molecule is N[C@@H](Cc1cnc[nH]1)C(=O)Nc1cccnc1. The molecule has 0 aliphatic rings. The summed E-state index contributed by atoms with van der Waals surface area (Å²) in [5.41, 5.74) is 7.24. The van der Waals surface area contributed by atoms with E-state index in [-0.39, 0.29) is 5.91 Å². The molecule has 2 aromatic heterocycles. The Morgan fingerprint density at radius 3 is 3.00 bits per heavy atom. The molecule has 88 valence electrons. The number of carbonyl (C=O) groups is 1. The Hall–Kier alpha value is -2.21. The van der Waals surface area contributed by atoms with Gasteiger partial charge in [-0.25, -0.2) is 4.98 Å². The van der Waals surface area contributed by atoms with E-state index in [1.54, 1.807) is 37.1 Å². The number of nitrogens with zero attached hydrogens (tertiary/aromatic N) is 2. The molecule has 2 heterocycles. The molecule has 1 amide bonds. The number of imidazole rings is 1. The summed E-state index contributed by atoms with van der Waals surface area (Å²) in [6.07, 6.45) is 6.84. The van der Waals surface area contributed by atoms with Crippen LogP contribution in [0.3, 0.4) is 0 Å². The highest BCUT2D eigenvalue weighted by Gasteiger charge is 2.14. The summed E-state index contributed by atoms with van der Waals surface area (Å²) in [7, 11) is 0. The number of hydrogen-bond acceptors (Lipinski definition) is 4. The van der Waals surface area contributed by atoms with E-state index in [4.69, 9.17) is 5.73 Å². The van der Waals surface area contributed by atoms with E-state index >= 15 is 0 Å². The van der Waals surface area contributed by atoms with Gasteiger partial charge >= 0.3 is 0 Å². The number of nitrogens with one attached hydrogen (secondary N) is 2. The van der Waals surface area contributed by atoms with Gasteiger partial charge in [-0.15, -0.1) is 0 Å². The highest BCUT2D eigenvalue weighted by molar-refractivity contribution is 5.94. The zero-order valence-corrected chi connectivity index (χ0v) is 9.13. The molecule has 6 nitrogen and oxygen atoms in total. The first kappa shape index (κ1) is 11.3. The topological polar surface area (TPSA) is 96.7 Å². The molecule has 0 fully saturated rings. The van der Waals surface area contributed by atoms with Gasteiger partial charge in [0, 0.05) is 24.5 Å². The lowest BCUT2D eigenvalue weighted by molar-refractivity contribution is -0.117. The van der Waals surface area contributed by atoms with Gasteiger partial charge in [0.1, 0.15) is 0 Å². The van der Waals surface area contributed by atoms with Crippen LogP contribution in [0.1, 0.15) is 5.69 Å². The molecule has 0 saturated carbocycles. The Morgan fingerprint density at radius 2 is 2.35 bits per heavy atom. The number of anilines is 1. The van der Waals surface area contributed by atoms with Crippen LogP contribution in [-0.4, -0.2) is 26.9 Å². The van der Waals surface area contributed by atoms with Crippen LogP contribution < -0.4 is 11.1 Å². The fourth-order valence-corrected chi connectivity index (χ4v) is 1.40. The van der Waals surface area contributed by atoms with Crippen LogP contribution in [-0.2, 0) is 11.2 Å². The lowest BCUT2D eigenvalue weighted by atomic mass is 10.1. The summed E-state index contributed by atoms with van der Waals surface area (Å²) in [5.74, 6) is -0.243. The summed E-state index contributed by atoms with van der Waals surface area (Å²) in [6.45, 7) is 0. The second-order valence-electron chi connectivity index (χ2n) is 3.62. The number of amides is 1. The molecule has 6 heteroatoms. The Morgan fingerprint density at radius 1 is 1.47 bits per heavy atom. The smallest absolute Gasteiger partial charge is 0.241 e. The molecular formula is C11H13N5O. The molecule has 2 rings (SSSR count). The number of H-pyrrole nitrogens is 1. The minimum absolute atomic E-state index is 0.243. The molecule has 4 N–H and O–H groups in total. The summed E-state index contributed by atoms with van der Waals surface area (Å²) < 4.78 is 0. The van der Waals surface area contributed by atoms with Crippen LogP contribution >= 0.6 is 0 Å². The van der Waals surface area contributed by atoms with Crippen molar-refractivity contribution >= 4 is 11.6 Å². The van der Waals surface area contributed by atoms with Crippen LogP contribution in [0.15, 0.2) is 37.1 Å². The molecular weight excluding hydrogens is 218 g/mol. The Labute approximate surface area is 98.3 Å². The van der Waals surface area contributed by atoms with Crippen molar-refractivity contribution in [3.8, 4) is 0 Å². The number of nitrogens with two attached hydrogens (primary N) is 1. The zero-order valence-electron chi connectivity index (χ0n) is 9.13. The first-order valence-corrected chi connectivity index (χ1v) is 5.19. The minimum atomic E-state index is -0.615. The van der Waals surface area contributed by atoms with Crippen molar-refractivity contribution in [2.75, 3.05) is 5.32 Å². The average molecular weight is 231 g/mol. The second kappa shape index (κ2) is 5.22. The number of hydrogen-bond donors (Lipinski definition) is 3. The minimum Gasteiger partial charge on any atom is -0.348 e. The maximum atomic E-state index is 11.7. The predicted octanol–water partition coefficient (Wildman–Crippen LogP) is 0.313. The van der Waals surface area contributed by atoms with Crippen molar-refractivity contribution in [3.63, 3.8) is 0 Å². The van der Waals surface area contributed by atoms with Crippen molar-refractivity contribution in [1.29, 1.82) is 0 Å². The molecule has 0 bridgehead atoms. The van der Waals surface area contributed by atoms with Crippen LogP contribution in [0.25, 0.3) is 0 Å². The van der Waals surface area contributed by atoms with E-state index in [0.717, 1.165) is 5.69 Å². The number of aromatic amines is 1. The van der Waals surface area contributed by atoms with Crippen molar-refractivity contribution < 1.29 is 4.79 Å². The number of aromatic nitrogens is 3. The van der Waals surface area contributed by atoms with Gasteiger partial charge in [0.2, 0.25) is 5.91 Å². The van der Waals surface area contributed by atoms with Gasteiger partial charge in [0.05, 0.1) is 24.3 Å². The molecule has 0 spiro atoms. The van der Waals surface area contributed by atoms with E-state index < -0.39 is 6.04 Å². The molecule has 2 aromatic rings. The first-order valence-electron chi connectivity index (χ1n) is 5.19. The van der Waals surface area contributed by atoms with Crippen molar-refractivity contribution in [3.05, 3.63) is 42.7 Å². The van der Waals surface area contributed by atoms with E-state index in [9.17, 15) is 4.79 Å². The molecule has 0 aromatic carbocycles. The van der Waals surface area contributed by atoms with Gasteiger partial charge in [0.15, 0.2) is 0 Å². The number of pyridine rings is 1. The molecule has 0 unspecified atom stereocenters. The van der Waals surface area contributed by atoms with E-state index in [0.29, 0.717) is 12.1 Å². The highest BCUT2D eigenvalue weighted by atomic mass is 16.2.